The molecule has 0 amide bonds. The first-order chi connectivity index (χ1) is 4.34. The Labute approximate surface area is 59.3 Å². The lowest BCUT2D eigenvalue weighted by Crippen LogP contribution is -2.15. The molecular formula is C6H8N2S. The van der Waals surface area contributed by atoms with Crippen molar-refractivity contribution >= 4 is 17.2 Å². The van der Waals surface area contributed by atoms with E-state index in [1.807, 2.05) is 25.5 Å². The van der Waals surface area contributed by atoms with E-state index in [9.17, 15) is 0 Å². The van der Waals surface area contributed by atoms with Gasteiger partial charge >= 0.3 is 0 Å². The number of hydrogen-bond donors (Lipinski definition) is 2. The van der Waals surface area contributed by atoms with Crippen LogP contribution in [0.15, 0.2) is 18.5 Å². The highest BCUT2D eigenvalue weighted by atomic mass is 32.1. The maximum Gasteiger partial charge on any atom is 0.107 e. The Morgan fingerprint density at radius 3 is 3.00 bits per heavy atom. The Kier molecular flexibility index (Phi) is 1.85. The first-order valence-electron chi connectivity index (χ1n) is 2.69. The van der Waals surface area contributed by atoms with Gasteiger partial charge in [-0.25, -0.2) is 0 Å². The third-order valence-electron chi connectivity index (χ3n) is 1.09. The highest BCUT2D eigenvalue weighted by Crippen LogP contribution is 1.95. The van der Waals surface area contributed by atoms with Crippen LogP contribution < -0.4 is 5.32 Å². The van der Waals surface area contributed by atoms with Crippen LogP contribution in [-0.4, -0.2) is 17.0 Å². The molecule has 0 unspecified atom stereocenters. The molecule has 0 aliphatic rings. The van der Waals surface area contributed by atoms with Gasteiger partial charge in [0.05, 0.1) is 0 Å². The van der Waals surface area contributed by atoms with Crippen LogP contribution in [0, 0.1) is 0 Å². The number of aromatic amines is 1. The Hall–Kier alpha value is -0.830. The lowest BCUT2D eigenvalue weighted by Gasteiger charge is -1.95. The molecule has 0 saturated carbocycles. The molecule has 2 nitrogen and oxygen atoms in total. The molecule has 2 N–H and O–H groups in total. The van der Waals surface area contributed by atoms with Crippen LogP contribution in [0.3, 0.4) is 0 Å². The van der Waals surface area contributed by atoms with Gasteiger partial charge in [0.1, 0.15) is 4.99 Å². The predicted octanol–water partition coefficient (Wildman–Crippen LogP) is 0.910. The van der Waals surface area contributed by atoms with E-state index in [0.29, 0.717) is 0 Å². The lowest BCUT2D eigenvalue weighted by molar-refractivity contribution is 1.20. The van der Waals surface area contributed by atoms with Gasteiger partial charge in [-0.3, -0.25) is 0 Å². The van der Waals surface area contributed by atoms with E-state index in [0.717, 1.165) is 10.6 Å². The fourth-order valence-electron chi connectivity index (χ4n) is 0.609. The molecule has 1 heterocycles. The summed E-state index contributed by atoms with van der Waals surface area (Å²) in [5.41, 5.74) is 1.03. The van der Waals surface area contributed by atoms with Crippen LogP contribution in [0.5, 0.6) is 0 Å². The summed E-state index contributed by atoms with van der Waals surface area (Å²) in [7, 11) is 1.81. The van der Waals surface area contributed by atoms with Crippen molar-refractivity contribution in [2.45, 2.75) is 0 Å². The molecule has 1 aromatic rings. The maximum atomic E-state index is 4.94. The summed E-state index contributed by atoms with van der Waals surface area (Å²) in [6.07, 6.45) is 3.71. The minimum atomic E-state index is 0.774. The van der Waals surface area contributed by atoms with E-state index in [-0.39, 0.29) is 0 Å². The van der Waals surface area contributed by atoms with Crippen molar-refractivity contribution in [1.82, 2.24) is 10.3 Å². The molecule has 0 atom stereocenters. The molecule has 0 radical (unpaired) electrons. The third kappa shape index (κ3) is 1.29. The van der Waals surface area contributed by atoms with Crippen LogP contribution in [0.2, 0.25) is 0 Å². The molecular weight excluding hydrogens is 132 g/mol. The first-order valence-corrected chi connectivity index (χ1v) is 3.10. The van der Waals surface area contributed by atoms with Crippen LogP contribution >= 0.6 is 12.2 Å². The molecule has 1 aromatic heterocycles. The molecule has 0 aromatic carbocycles. The average molecular weight is 140 g/mol. The quantitative estimate of drug-likeness (QED) is 0.567. The van der Waals surface area contributed by atoms with E-state index < -0.39 is 0 Å². The minimum absolute atomic E-state index is 0.774. The number of rotatable bonds is 1. The average Bonchev–Trinajstić information content (AvgIpc) is 2.37. The van der Waals surface area contributed by atoms with Gasteiger partial charge in [0.25, 0.3) is 0 Å². The molecule has 0 bridgehead atoms. The minimum Gasteiger partial charge on any atom is -0.379 e. The van der Waals surface area contributed by atoms with Crippen molar-refractivity contribution in [3.8, 4) is 0 Å². The summed E-state index contributed by atoms with van der Waals surface area (Å²) >= 11 is 4.94. The van der Waals surface area contributed by atoms with Gasteiger partial charge in [-0.2, -0.15) is 0 Å². The van der Waals surface area contributed by atoms with Gasteiger partial charge in [-0.05, 0) is 6.07 Å². The van der Waals surface area contributed by atoms with Crippen molar-refractivity contribution in [3.05, 3.63) is 24.0 Å². The summed E-state index contributed by atoms with van der Waals surface area (Å²) in [6.45, 7) is 0. The zero-order valence-corrected chi connectivity index (χ0v) is 5.96. The molecule has 3 heteroatoms. The fraction of sp³-hybridized carbons (Fsp3) is 0.167. The van der Waals surface area contributed by atoms with E-state index in [1.165, 1.54) is 0 Å². The van der Waals surface area contributed by atoms with E-state index >= 15 is 0 Å². The summed E-state index contributed by atoms with van der Waals surface area (Å²) in [6, 6.07) is 1.93. The topological polar surface area (TPSA) is 27.8 Å². The second kappa shape index (κ2) is 2.64. The number of thiocarbonyl (C=S) groups is 1. The number of hydrogen-bond acceptors (Lipinski definition) is 1. The Bertz CT molecular complexity index is 191. The molecule has 0 spiro atoms. The van der Waals surface area contributed by atoms with Crippen LogP contribution in [0.4, 0.5) is 0 Å². The third-order valence-corrected chi connectivity index (χ3v) is 1.53. The summed E-state index contributed by atoms with van der Waals surface area (Å²) in [5.74, 6) is 0. The number of aromatic nitrogens is 1. The Morgan fingerprint density at radius 1 is 1.78 bits per heavy atom. The molecule has 1 rings (SSSR count). The standard InChI is InChI=1S/C6H8N2S/c1-7-6(9)5-2-3-8-4-5/h2-4,8H,1H3,(H,7,9). The second-order valence-electron chi connectivity index (χ2n) is 1.68. The van der Waals surface area contributed by atoms with Gasteiger partial charge in [0.15, 0.2) is 0 Å². The number of nitrogens with one attached hydrogen (secondary N) is 2. The monoisotopic (exact) mass is 140 g/mol. The Morgan fingerprint density at radius 2 is 2.56 bits per heavy atom. The van der Waals surface area contributed by atoms with Gasteiger partial charge < -0.3 is 10.3 Å². The second-order valence-corrected chi connectivity index (χ2v) is 2.09. The molecule has 48 valence electrons. The van der Waals surface area contributed by atoms with Crippen molar-refractivity contribution in [2.75, 3.05) is 7.05 Å². The highest BCUT2D eigenvalue weighted by molar-refractivity contribution is 7.80. The normalized spacial score (nSPS) is 9.00. The van der Waals surface area contributed by atoms with E-state index in [1.54, 1.807) is 0 Å². The summed E-state index contributed by atoms with van der Waals surface area (Å²) in [5, 5.41) is 2.88. The lowest BCUT2D eigenvalue weighted by atomic mass is 10.3. The summed E-state index contributed by atoms with van der Waals surface area (Å²) in [4.78, 5) is 3.69. The van der Waals surface area contributed by atoms with Gasteiger partial charge in [0, 0.05) is 25.0 Å². The Balaban J connectivity index is 2.77. The van der Waals surface area contributed by atoms with Crippen LogP contribution in [0.1, 0.15) is 5.56 Å². The zero-order chi connectivity index (χ0) is 6.69. The number of H-pyrrole nitrogens is 1. The van der Waals surface area contributed by atoms with Crippen LogP contribution in [-0.2, 0) is 0 Å². The molecule has 0 fully saturated rings. The fourth-order valence-corrected chi connectivity index (χ4v) is 0.736. The van der Waals surface area contributed by atoms with Gasteiger partial charge in [-0.15, -0.1) is 0 Å². The largest absolute Gasteiger partial charge is 0.379 e. The SMILES string of the molecule is CNC(=S)c1cc[nH]c1. The highest BCUT2D eigenvalue weighted by Gasteiger charge is 1.94. The van der Waals surface area contributed by atoms with Gasteiger partial charge in [-0.1, -0.05) is 12.2 Å². The molecule has 0 aliphatic carbocycles. The molecule has 0 aliphatic heterocycles. The van der Waals surface area contributed by atoms with E-state index in [4.69, 9.17) is 12.2 Å². The first kappa shape index (κ1) is 6.29. The van der Waals surface area contributed by atoms with Crippen molar-refractivity contribution in [3.63, 3.8) is 0 Å². The summed E-state index contributed by atoms with van der Waals surface area (Å²) < 4.78 is 0. The van der Waals surface area contributed by atoms with Crippen molar-refractivity contribution < 1.29 is 0 Å². The smallest absolute Gasteiger partial charge is 0.107 e. The van der Waals surface area contributed by atoms with E-state index in [2.05, 4.69) is 10.3 Å². The molecule has 9 heavy (non-hydrogen) atoms. The van der Waals surface area contributed by atoms with Crippen molar-refractivity contribution in [1.29, 1.82) is 0 Å². The molecule has 0 saturated heterocycles. The maximum absolute atomic E-state index is 4.94. The predicted molar refractivity (Wildman–Crippen MR) is 41.6 cm³/mol. The van der Waals surface area contributed by atoms with Gasteiger partial charge in [0.2, 0.25) is 0 Å². The van der Waals surface area contributed by atoms with Crippen molar-refractivity contribution in [2.24, 2.45) is 0 Å². The van der Waals surface area contributed by atoms with Crippen LogP contribution in [0.25, 0.3) is 0 Å². The zero-order valence-electron chi connectivity index (χ0n) is 5.14.